The monoisotopic (exact) mass is 364 g/mol. The summed E-state index contributed by atoms with van der Waals surface area (Å²) in [5, 5.41) is 3.14. The van der Waals surface area contributed by atoms with Gasteiger partial charge >= 0.3 is 0 Å². The van der Waals surface area contributed by atoms with Crippen LogP contribution in [0, 0.1) is 0 Å². The minimum atomic E-state index is 0. The van der Waals surface area contributed by atoms with Gasteiger partial charge in [0.15, 0.2) is 5.96 Å². The van der Waals surface area contributed by atoms with Crippen molar-refractivity contribution >= 4 is 29.9 Å². The van der Waals surface area contributed by atoms with Crippen LogP contribution in [0.3, 0.4) is 0 Å². The summed E-state index contributed by atoms with van der Waals surface area (Å²) in [7, 11) is 2.00. The second kappa shape index (κ2) is 10.2. The third kappa shape index (κ3) is 7.58. The molecular formula is C13H25IN4. The van der Waals surface area contributed by atoms with Gasteiger partial charge in [-0.15, -0.1) is 24.0 Å². The molecule has 0 radical (unpaired) electrons. The topological polar surface area (TPSA) is 55.3 Å². The first-order valence-electron chi connectivity index (χ1n) is 6.37. The third-order valence-corrected chi connectivity index (χ3v) is 2.66. The quantitative estimate of drug-likeness (QED) is 0.338. The van der Waals surface area contributed by atoms with Gasteiger partial charge in [0.25, 0.3) is 0 Å². The largest absolute Gasteiger partial charge is 0.370 e. The summed E-state index contributed by atoms with van der Waals surface area (Å²) in [6, 6.07) is 2.05. The molecule has 0 unspecified atom stereocenters. The van der Waals surface area contributed by atoms with E-state index in [1.165, 1.54) is 24.8 Å². The number of halogens is 1. The molecule has 0 aromatic carbocycles. The summed E-state index contributed by atoms with van der Waals surface area (Å²) in [5.74, 6) is 0.547. The van der Waals surface area contributed by atoms with Crippen molar-refractivity contribution in [1.29, 1.82) is 0 Å². The van der Waals surface area contributed by atoms with Crippen LogP contribution in [0.15, 0.2) is 23.5 Å². The van der Waals surface area contributed by atoms with Gasteiger partial charge in [0.2, 0.25) is 0 Å². The molecular weight excluding hydrogens is 339 g/mol. The van der Waals surface area contributed by atoms with E-state index in [1.54, 1.807) is 0 Å². The SMILES string of the molecule is CCCCCCNC(N)=NCc1ccn(C)c1.I. The Bertz CT molecular complexity index is 347. The number of guanidine groups is 1. The maximum Gasteiger partial charge on any atom is 0.188 e. The van der Waals surface area contributed by atoms with Crippen LogP contribution in [0.1, 0.15) is 38.2 Å². The number of nitrogens with zero attached hydrogens (tertiary/aromatic N) is 2. The predicted molar refractivity (Wildman–Crippen MR) is 88.3 cm³/mol. The first-order chi connectivity index (χ1) is 8.22. The second-order valence-electron chi connectivity index (χ2n) is 4.37. The summed E-state index contributed by atoms with van der Waals surface area (Å²) in [6.07, 6.45) is 9.04. The maximum absolute atomic E-state index is 5.78. The summed E-state index contributed by atoms with van der Waals surface area (Å²) >= 11 is 0. The minimum absolute atomic E-state index is 0. The summed E-state index contributed by atoms with van der Waals surface area (Å²) in [5.41, 5.74) is 6.96. The van der Waals surface area contributed by atoms with Crippen molar-refractivity contribution in [1.82, 2.24) is 9.88 Å². The number of unbranched alkanes of at least 4 members (excludes halogenated alkanes) is 3. The summed E-state index contributed by atoms with van der Waals surface area (Å²) in [6.45, 7) is 3.78. The van der Waals surface area contributed by atoms with Gasteiger partial charge in [-0.3, -0.25) is 0 Å². The molecule has 5 heteroatoms. The van der Waals surface area contributed by atoms with Crippen molar-refractivity contribution in [3.8, 4) is 0 Å². The van der Waals surface area contributed by atoms with E-state index < -0.39 is 0 Å². The zero-order valence-corrected chi connectivity index (χ0v) is 13.7. The van der Waals surface area contributed by atoms with E-state index in [-0.39, 0.29) is 24.0 Å². The normalized spacial score (nSPS) is 11.1. The number of aliphatic imine (C=N–C) groups is 1. The number of hydrogen-bond acceptors (Lipinski definition) is 1. The molecule has 1 rings (SSSR count). The van der Waals surface area contributed by atoms with Crippen molar-refractivity contribution in [3.63, 3.8) is 0 Å². The lowest BCUT2D eigenvalue weighted by atomic mass is 10.2. The van der Waals surface area contributed by atoms with Crippen molar-refractivity contribution < 1.29 is 0 Å². The number of rotatable bonds is 7. The highest BCUT2D eigenvalue weighted by molar-refractivity contribution is 14.0. The average Bonchev–Trinajstić information content (AvgIpc) is 2.72. The lowest BCUT2D eigenvalue weighted by molar-refractivity contribution is 0.652. The molecule has 1 aromatic rings. The first kappa shape index (κ1) is 17.3. The standard InChI is InChI=1S/C13H24N4.HI/c1-3-4-5-6-8-15-13(14)16-10-12-7-9-17(2)11-12;/h7,9,11H,3-6,8,10H2,1-2H3,(H3,14,15,16);1H. The van der Waals surface area contributed by atoms with Crippen LogP contribution in [0.5, 0.6) is 0 Å². The zero-order chi connectivity index (χ0) is 12.5. The zero-order valence-electron chi connectivity index (χ0n) is 11.4. The molecule has 0 spiro atoms. The second-order valence-corrected chi connectivity index (χ2v) is 4.37. The van der Waals surface area contributed by atoms with Crippen LogP contribution in [-0.4, -0.2) is 17.1 Å². The van der Waals surface area contributed by atoms with Crippen LogP contribution in [-0.2, 0) is 13.6 Å². The van der Waals surface area contributed by atoms with E-state index in [1.807, 2.05) is 17.8 Å². The Hall–Kier alpha value is -0.720. The van der Waals surface area contributed by atoms with E-state index in [2.05, 4.69) is 29.5 Å². The molecule has 0 fully saturated rings. The van der Waals surface area contributed by atoms with Crippen LogP contribution in [0.2, 0.25) is 0 Å². The molecule has 104 valence electrons. The number of aromatic nitrogens is 1. The predicted octanol–water partition coefficient (Wildman–Crippen LogP) is 2.63. The van der Waals surface area contributed by atoms with Crippen LogP contribution in [0.25, 0.3) is 0 Å². The van der Waals surface area contributed by atoms with Crippen LogP contribution in [0.4, 0.5) is 0 Å². The molecule has 0 aliphatic heterocycles. The fraction of sp³-hybridized carbons (Fsp3) is 0.615. The van der Waals surface area contributed by atoms with Crippen LogP contribution < -0.4 is 11.1 Å². The van der Waals surface area contributed by atoms with E-state index >= 15 is 0 Å². The van der Waals surface area contributed by atoms with E-state index in [0.29, 0.717) is 12.5 Å². The van der Waals surface area contributed by atoms with Gasteiger partial charge in [-0.2, -0.15) is 0 Å². The summed E-state index contributed by atoms with van der Waals surface area (Å²) in [4.78, 5) is 4.30. The highest BCUT2D eigenvalue weighted by Crippen LogP contribution is 2.01. The van der Waals surface area contributed by atoms with Crippen molar-refractivity contribution in [2.24, 2.45) is 17.8 Å². The Labute approximate surface area is 127 Å². The van der Waals surface area contributed by atoms with Gasteiger partial charge in [-0.05, 0) is 18.1 Å². The Balaban J connectivity index is 0.00000289. The Morgan fingerprint density at radius 1 is 1.39 bits per heavy atom. The molecule has 0 aliphatic rings. The molecule has 4 nitrogen and oxygen atoms in total. The first-order valence-corrected chi connectivity index (χ1v) is 6.37. The highest BCUT2D eigenvalue weighted by Gasteiger charge is 1.94. The Kier molecular flexibility index (Phi) is 9.82. The lowest BCUT2D eigenvalue weighted by Crippen LogP contribution is -2.32. The number of aryl methyl sites for hydroxylation is 1. The maximum atomic E-state index is 5.78. The molecule has 0 atom stereocenters. The molecule has 1 heterocycles. The van der Waals surface area contributed by atoms with E-state index in [9.17, 15) is 0 Å². The third-order valence-electron chi connectivity index (χ3n) is 2.66. The Morgan fingerprint density at radius 2 is 2.17 bits per heavy atom. The smallest absolute Gasteiger partial charge is 0.188 e. The van der Waals surface area contributed by atoms with Gasteiger partial charge in [0.05, 0.1) is 6.54 Å². The summed E-state index contributed by atoms with van der Waals surface area (Å²) < 4.78 is 2.01. The number of nitrogens with one attached hydrogen (secondary N) is 1. The van der Waals surface area contributed by atoms with Gasteiger partial charge in [0.1, 0.15) is 0 Å². The minimum Gasteiger partial charge on any atom is -0.370 e. The van der Waals surface area contributed by atoms with Crippen molar-refractivity contribution in [2.75, 3.05) is 6.54 Å². The van der Waals surface area contributed by atoms with Gasteiger partial charge in [0, 0.05) is 26.0 Å². The van der Waals surface area contributed by atoms with Crippen molar-refractivity contribution in [2.45, 2.75) is 39.2 Å². The number of hydrogen-bond donors (Lipinski definition) is 2. The molecule has 18 heavy (non-hydrogen) atoms. The van der Waals surface area contributed by atoms with Gasteiger partial charge in [-0.25, -0.2) is 4.99 Å². The van der Waals surface area contributed by atoms with E-state index in [0.717, 1.165) is 13.0 Å². The highest BCUT2D eigenvalue weighted by atomic mass is 127. The van der Waals surface area contributed by atoms with Gasteiger partial charge in [-0.1, -0.05) is 26.2 Å². The number of nitrogens with two attached hydrogens (primary N) is 1. The molecule has 0 amide bonds. The Morgan fingerprint density at radius 3 is 2.78 bits per heavy atom. The van der Waals surface area contributed by atoms with Crippen molar-refractivity contribution in [3.05, 3.63) is 24.0 Å². The fourth-order valence-corrected chi connectivity index (χ4v) is 1.66. The molecule has 1 aromatic heterocycles. The average molecular weight is 364 g/mol. The lowest BCUT2D eigenvalue weighted by Gasteiger charge is -2.04. The molecule has 3 N–H and O–H groups in total. The molecule has 0 bridgehead atoms. The molecule has 0 saturated carbocycles. The molecule has 0 aliphatic carbocycles. The van der Waals surface area contributed by atoms with Crippen LogP contribution >= 0.6 is 24.0 Å². The fourth-order valence-electron chi connectivity index (χ4n) is 1.66. The van der Waals surface area contributed by atoms with E-state index in [4.69, 9.17) is 5.73 Å². The molecule has 0 saturated heterocycles. The van der Waals surface area contributed by atoms with Gasteiger partial charge < -0.3 is 15.6 Å².